The van der Waals surface area contributed by atoms with E-state index in [-0.39, 0.29) is 7.43 Å². The highest BCUT2D eigenvalue weighted by Gasteiger charge is 1.96. The van der Waals surface area contributed by atoms with Gasteiger partial charge in [-0.05, 0) is 42.3 Å². The summed E-state index contributed by atoms with van der Waals surface area (Å²) in [5.74, 6) is 0. The Morgan fingerprint density at radius 3 is 1.94 bits per heavy atom. The van der Waals surface area contributed by atoms with E-state index in [1.807, 2.05) is 13.1 Å². The topological polar surface area (TPSA) is 12.0 Å². The maximum Gasteiger partial charge on any atom is 0.0228 e. The first-order chi connectivity index (χ1) is 7.40. The second-order valence-electron chi connectivity index (χ2n) is 3.20. The zero-order chi connectivity index (χ0) is 10.5. The molecule has 2 aromatic carbocycles. The SMILES string of the molecule is C.CNSc1ccc(-c2ccccc2)cc1. The summed E-state index contributed by atoms with van der Waals surface area (Å²) in [5, 5.41) is 0. The van der Waals surface area contributed by atoms with Crippen LogP contribution in [0, 0.1) is 0 Å². The minimum Gasteiger partial charge on any atom is -0.263 e. The molecule has 2 aromatic rings. The second kappa shape index (κ2) is 6.36. The van der Waals surface area contributed by atoms with Crippen molar-refractivity contribution in [3.63, 3.8) is 0 Å². The van der Waals surface area contributed by atoms with Crippen molar-refractivity contribution >= 4 is 11.9 Å². The first-order valence-electron chi connectivity index (χ1n) is 4.89. The van der Waals surface area contributed by atoms with Gasteiger partial charge in [-0.15, -0.1) is 0 Å². The molecule has 1 N–H and O–H groups in total. The van der Waals surface area contributed by atoms with Crippen molar-refractivity contribution in [2.45, 2.75) is 12.3 Å². The first-order valence-corrected chi connectivity index (χ1v) is 5.71. The molecule has 0 unspecified atom stereocenters. The van der Waals surface area contributed by atoms with E-state index in [0.29, 0.717) is 0 Å². The van der Waals surface area contributed by atoms with Crippen LogP contribution in [0.4, 0.5) is 0 Å². The van der Waals surface area contributed by atoms with Crippen molar-refractivity contribution in [2.75, 3.05) is 7.05 Å². The Morgan fingerprint density at radius 2 is 1.38 bits per heavy atom. The third kappa shape index (κ3) is 3.12. The van der Waals surface area contributed by atoms with Crippen LogP contribution in [0.15, 0.2) is 59.5 Å². The fraction of sp³-hybridized carbons (Fsp3) is 0.143. The van der Waals surface area contributed by atoms with Gasteiger partial charge in [0.05, 0.1) is 0 Å². The van der Waals surface area contributed by atoms with E-state index in [9.17, 15) is 0 Å². The van der Waals surface area contributed by atoms with Gasteiger partial charge in [0.2, 0.25) is 0 Å². The summed E-state index contributed by atoms with van der Waals surface area (Å²) < 4.78 is 3.06. The highest BCUT2D eigenvalue weighted by atomic mass is 32.2. The van der Waals surface area contributed by atoms with Crippen LogP contribution in [0.5, 0.6) is 0 Å². The van der Waals surface area contributed by atoms with E-state index >= 15 is 0 Å². The van der Waals surface area contributed by atoms with E-state index < -0.39 is 0 Å². The average Bonchev–Trinajstić information content (AvgIpc) is 2.32. The smallest absolute Gasteiger partial charge is 0.0228 e. The summed E-state index contributed by atoms with van der Waals surface area (Å²) in [6.07, 6.45) is 0. The van der Waals surface area contributed by atoms with E-state index in [4.69, 9.17) is 0 Å². The summed E-state index contributed by atoms with van der Waals surface area (Å²) in [4.78, 5) is 1.23. The van der Waals surface area contributed by atoms with Gasteiger partial charge in [0.1, 0.15) is 0 Å². The number of hydrogen-bond donors (Lipinski definition) is 1. The minimum absolute atomic E-state index is 0. The molecule has 0 amide bonds. The van der Waals surface area contributed by atoms with Crippen molar-refractivity contribution in [1.82, 2.24) is 4.72 Å². The Morgan fingerprint density at radius 1 is 0.812 bits per heavy atom. The van der Waals surface area contributed by atoms with Gasteiger partial charge in [-0.3, -0.25) is 4.72 Å². The quantitative estimate of drug-likeness (QED) is 0.794. The predicted octanol–water partition coefficient (Wildman–Crippen LogP) is 4.22. The van der Waals surface area contributed by atoms with Gasteiger partial charge in [-0.1, -0.05) is 49.9 Å². The van der Waals surface area contributed by atoms with Crippen molar-refractivity contribution in [2.24, 2.45) is 0 Å². The van der Waals surface area contributed by atoms with Gasteiger partial charge in [-0.25, -0.2) is 0 Å². The fourth-order valence-electron chi connectivity index (χ4n) is 1.46. The van der Waals surface area contributed by atoms with Gasteiger partial charge >= 0.3 is 0 Å². The lowest BCUT2D eigenvalue weighted by molar-refractivity contribution is 1.28. The summed E-state index contributed by atoms with van der Waals surface area (Å²) in [5.41, 5.74) is 2.52. The fourth-order valence-corrected chi connectivity index (χ4v) is 1.97. The van der Waals surface area contributed by atoms with Gasteiger partial charge in [0, 0.05) is 4.90 Å². The van der Waals surface area contributed by atoms with Crippen LogP contribution in [0.25, 0.3) is 11.1 Å². The molecule has 0 fully saturated rings. The second-order valence-corrected chi connectivity index (χ2v) is 4.28. The van der Waals surface area contributed by atoms with Gasteiger partial charge in [0.25, 0.3) is 0 Å². The van der Waals surface area contributed by atoms with Gasteiger partial charge < -0.3 is 0 Å². The van der Waals surface area contributed by atoms with E-state index in [1.165, 1.54) is 16.0 Å². The zero-order valence-corrected chi connectivity index (χ0v) is 9.42. The van der Waals surface area contributed by atoms with Crippen LogP contribution in [0.2, 0.25) is 0 Å². The first kappa shape index (κ1) is 12.8. The van der Waals surface area contributed by atoms with E-state index in [0.717, 1.165) is 0 Å². The third-order valence-electron chi connectivity index (χ3n) is 2.18. The van der Waals surface area contributed by atoms with E-state index in [1.54, 1.807) is 11.9 Å². The third-order valence-corrected chi connectivity index (χ3v) is 2.89. The van der Waals surface area contributed by atoms with Crippen LogP contribution in [0.1, 0.15) is 7.43 Å². The Kier molecular flexibility index (Phi) is 5.09. The molecule has 0 bridgehead atoms. The lowest BCUT2D eigenvalue weighted by Crippen LogP contribution is -1.89. The monoisotopic (exact) mass is 231 g/mol. The molecule has 0 saturated carbocycles. The largest absolute Gasteiger partial charge is 0.263 e. The molecule has 0 aliphatic rings. The standard InChI is InChI=1S/C13H13NS.CH4/c1-14-15-13-9-7-12(8-10-13)11-5-3-2-4-6-11;/h2-10,14H,1H3;1H4. The average molecular weight is 231 g/mol. The Hall–Kier alpha value is -1.25. The van der Waals surface area contributed by atoms with Crippen LogP contribution < -0.4 is 4.72 Å². The lowest BCUT2D eigenvalue weighted by Gasteiger charge is -2.03. The maximum absolute atomic E-state index is 3.06. The molecule has 0 aromatic heterocycles. The number of hydrogen-bond acceptors (Lipinski definition) is 2. The predicted molar refractivity (Wildman–Crippen MR) is 73.5 cm³/mol. The Labute approximate surface area is 102 Å². The molecule has 0 heterocycles. The van der Waals surface area contributed by atoms with Crippen molar-refractivity contribution in [1.29, 1.82) is 0 Å². The molecule has 84 valence electrons. The van der Waals surface area contributed by atoms with Crippen LogP contribution in [0.3, 0.4) is 0 Å². The normalized spacial score (nSPS) is 9.56. The molecule has 0 saturated heterocycles. The molecule has 0 radical (unpaired) electrons. The molecule has 0 atom stereocenters. The van der Waals surface area contributed by atoms with Crippen molar-refractivity contribution in [3.05, 3.63) is 54.6 Å². The highest BCUT2D eigenvalue weighted by molar-refractivity contribution is 7.97. The number of nitrogens with one attached hydrogen (secondary N) is 1. The minimum atomic E-state index is 0. The maximum atomic E-state index is 3.06. The Bertz CT molecular complexity index is 409. The molecule has 2 rings (SSSR count). The van der Waals surface area contributed by atoms with Crippen molar-refractivity contribution in [3.8, 4) is 11.1 Å². The van der Waals surface area contributed by atoms with Gasteiger partial charge in [0.15, 0.2) is 0 Å². The molecule has 1 nitrogen and oxygen atoms in total. The molecular formula is C14H17NS. The summed E-state index contributed by atoms with van der Waals surface area (Å²) in [7, 11) is 1.93. The molecular weight excluding hydrogens is 214 g/mol. The zero-order valence-electron chi connectivity index (χ0n) is 8.60. The summed E-state index contributed by atoms with van der Waals surface area (Å²) >= 11 is 1.63. The number of benzene rings is 2. The highest BCUT2D eigenvalue weighted by Crippen LogP contribution is 2.22. The molecule has 2 heteroatoms. The Balaban J connectivity index is 0.00000128. The molecule has 16 heavy (non-hydrogen) atoms. The number of rotatable bonds is 3. The molecule has 0 aliphatic carbocycles. The van der Waals surface area contributed by atoms with Gasteiger partial charge in [-0.2, -0.15) is 0 Å². The summed E-state index contributed by atoms with van der Waals surface area (Å²) in [6, 6.07) is 19.0. The van der Waals surface area contributed by atoms with Crippen molar-refractivity contribution < 1.29 is 0 Å². The lowest BCUT2D eigenvalue weighted by atomic mass is 10.1. The molecule has 0 aliphatic heterocycles. The van der Waals surface area contributed by atoms with Crippen LogP contribution in [-0.2, 0) is 0 Å². The summed E-state index contributed by atoms with van der Waals surface area (Å²) in [6.45, 7) is 0. The molecule has 0 spiro atoms. The van der Waals surface area contributed by atoms with E-state index in [2.05, 4.69) is 53.3 Å². The van der Waals surface area contributed by atoms with Crippen LogP contribution in [-0.4, -0.2) is 7.05 Å². The van der Waals surface area contributed by atoms with Crippen LogP contribution >= 0.6 is 11.9 Å².